The van der Waals surface area contributed by atoms with Crippen molar-refractivity contribution in [2.45, 2.75) is 133 Å². The lowest BCUT2D eigenvalue weighted by Crippen LogP contribution is -2.05. The molecule has 56 heavy (non-hydrogen) atoms. The van der Waals surface area contributed by atoms with Crippen molar-refractivity contribution in [1.29, 1.82) is 0 Å². The van der Waals surface area contributed by atoms with Crippen LogP contribution in [-0.4, -0.2) is 30.5 Å². The number of para-hydroxylation sites is 1. The monoisotopic (exact) mass is 876 g/mol. The van der Waals surface area contributed by atoms with E-state index in [1.165, 1.54) is 31.4 Å². The Balaban J connectivity index is 0.000000350. The van der Waals surface area contributed by atoms with Gasteiger partial charge in [0.15, 0.2) is 0 Å². The molecular weight excluding hydrogens is 807 g/mol. The number of benzene rings is 5. The quantitative estimate of drug-likeness (QED) is 0.110. The SMILES string of the molecule is CC(C)OCc1ccccc1.CC(C)OCc1ccccc1I.CC(C)Oc1ccccc1.Cc1ccc(COC(C)C)cc1.Cc1ccc(OC(C)C)cc1. The highest BCUT2D eigenvalue weighted by Gasteiger charge is 2.00. The number of hydrogen-bond donors (Lipinski definition) is 0. The van der Waals surface area contributed by atoms with Crippen molar-refractivity contribution >= 4 is 22.6 Å². The Morgan fingerprint density at radius 2 is 0.732 bits per heavy atom. The number of aryl methyl sites for hydroxylation is 2. The second-order valence-electron chi connectivity index (χ2n) is 14.6. The van der Waals surface area contributed by atoms with Gasteiger partial charge in [-0.2, -0.15) is 0 Å². The van der Waals surface area contributed by atoms with Crippen LogP contribution in [0.4, 0.5) is 0 Å². The Morgan fingerprint density at radius 1 is 0.375 bits per heavy atom. The van der Waals surface area contributed by atoms with E-state index in [0.29, 0.717) is 18.3 Å². The molecule has 0 aliphatic rings. The lowest BCUT2D eigenvalue weighted by atomic mass is 10.2. The molecule has 0 radical (unpaired) electrons. The molecule has 0 saturated heterocycles. The third-order valence-corrected chi connectivity index (χ3v) is 8.22. The zero-order valence-corrected chi connectivity index (χ0v) is 38.3. The van der Waals surface area contributed by atoms with Crippen molar-refractivity contribution in [2.24, 2.45) is 0 Å². The van der Waals surface area contributed by atoms with Gasteiger partial charge in [-0.05, 0) is 153 Å². The molecular formula is C50H69IO5. The highest BCUT2D eigenvalue weighted by molar-refractivity contribution is 14.1. The van der Waals surface area contributed by atoms with E-state index in [9.17, 15) is 0 Å². The van der Waals surface area contributed by atoms with Crippen LogP contribution in [0.3, 0.4) is 0 Å². The lowest BCUT2D eigenvalue weighted by Gasteiger charge is -2.08. The van der Waals surface area contributed by atoms with Crippen LogP contribution in [0, 0.1) is 17.4 Å². The smallest absolute Gasteiger partial charge is 0.119 e. The molecule has 306 valence electrons. The fraction of sp³-hybridized carbons (Fsp3) is 0.400. The van der Waals surface area contributed by atoms with Crippen LogP contribution in [0.5, 0.6) is 11.5 Å². The van der Waals surface area contributed by atoms with Gasteiger partial charge in [0.1, 0.15) is 11.5 Å². The van der Waals surface area contributed by atoms with E-state index in [0.717, 1.165) is 31.3 Å². The van der Waals surface area contributed by atoms with Gasteiger partial charge in [-0.25, -0.2) is 0 Å². The van der Waals surface area contributed by atoms with Gasteiger partial charge in [-0.15, -0.1) is 0 Å². The van der Waals surface area contributed by atoms with Gasteiger partial charge in [0.05, 0.1) is 50.3 Å². The van der Waals surface area contributed by atoms with Crippen molar-refractivity contribution in [3.8, 4) is 11.5 Å². The Bertz CT molecular complexity index is 1640. The van der Waals surface area contributed by atoms with Gasteiger partial charge in [0.25, 0.3) is 0 Å². The second kappa shape index (κ2) is 30.4. The zero-order valence-electron chi connectivity index (χ0n) is 36.1. The first-order chi connectivity index (χ1) is 26.6. The Morgan fingerprint density at radius 3 is 1.16 bits per heavy atom. The van der Waals surface area contributed by atoms with E-state index >= 15 is 0 Å². The van der Waals surface area contributed by atoms with Gasteiger partial charge in [0, 0.05) is 3.57 Å². The summed E-state index contributed by atoms with van der Waals surface area (Å²) < 4.78 is 28.6. The van der Waals surface area contributed by atoms with Gasteiger partial charge < -0.3 is 23.7 Å². The molecule has 0 aliphatic carbocycles. The summed E-state index contributed by atoms with van der Waals surface area (Å²) in [4.78, 5) is 0. The van der Waals surface area contributed by atoms with Crippen LogP contribution in [0.1, 0.15) is 97.1 Å². The molecule has 0 atom stereocenters. The maximum Gasteiger partial charge on any atom is 0.119 e. The van der Waals surface area contributed by atoms with E-state index < -0.39 is 0 Å². The van der Waals surface area contributed by atoms with E-state index in [1.54, 1.807) is 0 Å². The summed E-state index contributed by atoms with van der Waals surface area (Å²) in [7, 11) is 0. The Kier molecular flexibility index (Phi) is 27.4. The van der Waals surface area contributed by atoms with Crippen molar-refractivity contribution in [3.05, 3.63) is 165 Å². The third kappa shape index (κ3) is 27.8. The van der Waals surface area contributed by atoms with Crippen LogP contribution in [0.15, 0.2) is 133 Å². The van der Waals surface area contributed by atoms with Crippen molar-refractivity contribution < 1.29 is 23.7 Å². The molecule has 0 fully saturated rings. The lowest BCUT2D eigenvalue weighted by molar-refractivity contribution is 0.0652. The third-order valence-electron chi connectivity index (χ3n) is 7.17. The minimum absolute atomic E-state index is 0.262. The van der Waals surface area contributed by atoms with Crippen molar-refractivity contribution in [3.63, 3.8) is 0 Å². The average Bonchev–Trinajstić information content (AvgIpc) is 3.16. The van der Waals surface area contributed by atoms with Crippen LogP contribution in [0.25, 0.3) is 0 Å². The molecule has 0 amide bonds. The van der Waals surface area contributed by atoms with Gasteiger partial charge in [0.2, 0.25) is 0 Å². The molecule has 5 aromatic rings. The molecule has 0 bridgehead atoms. The van der Waals surface area contributed by atoms with E-state index in [2.05, 4.69) is 111 Å². The van der Waals surface area contributed by atoms with E-state index in [-0.39, 0.29) is 12.2 Å². The first-order valence-electron chi connectivity index (χ1n) is 19.8. The largest absolute Gasteiger partial charge is 0.491 e. The number of ether oxygens (including phenoxy) is 5. The number of rotatable bonds is 13. The number of halogens is 1. The predicted octanol–water partition coefficient (Wildman–Crippen LogP) is 14.0. The normalized spacial score (nSPS) is 10.4. The van der Waals surface area contributed by atoms with Crippen molar-refractivity contribution in [1.82, 2.24) is 0 Å². The molecule has 0 spiro atoms. The fourth-order valence-corrected chi connectivity index (χ4v) is 4.86. The second-order valence-corrected chi connectivity index (χ2v) is 15.8. The summed E-state index contributed by atoms with van der Waals surface area (Å²) in [6.45, 7) is 26.7. The summed E-state index contributed by atoms with van der Waals surface area (Å²) in [5.41, 5.74) is 6.31. The number of hydrogen-bond acceptors (Lipinski definition) is 5. The minimum atomic E-state index is 0.262. The molecule has 5 nitrogen and oxygen atoms in total. The van der Waals surface area contributed by atoms with Gasteiger partial charge in [-0.1, -0.05) is 114 Å². The van der Waals surface area contributed by atoms with Gasteiger partial charge in [-0.3, -0.25) is 0 Å². The molecule has 0 aliphatic heterocycles. The molecule has 0 heterocycles. The van der Waals surface area contributed by atoms with Crippen LogP contribution < -0.4 is 9.47 Å². The van der Waals surface area contributed by atoms with Gasteiger partial charge >= 0.3 is 0 Å². The van der Waals surface area contributed by atoms with Crippen LogP contribution in [-0.2, 0) is 34.0 Å². The molecule has 6 heteroatoms. The maximum atomic E-state index is 5.50. The summed E-state index contributed by atoms with van der Waals surface area (Å²) in [6, 6.07) is 44.9. The molecule has 0 aromatic heterocycles. The summed E-state index contributed by atoms with van der Waals surface area (Å²) in [6.07, 6.45) is 1.46. The highest BCUT2D eigenvalue weighted by atomic mass is 127. The first kappa shape index (κ1) is 50.3. The summed E-state index contributed by atoms with van der Waals surface area (Å²) in [5, 5.41) is 0. The van der Waals surface area contributed by atoms with Crippen LogP contribution >= 0.6 is 22.6 Å². The maximum absolute atomic E-state index is 5.50. The topological polar surface area (TPSA) is 46.2 Å². The highest BCUT2D eigenvalue weighted by Crippen LogP contribution is 2.14. The minimum Gasteiger partial charge on any atom is -0.491 e. The molecule has 0 saturated carbocycles. The molecule has 0 unspecified atom stereocenters. The zero-order chi connectivity index (χ0) is 41.7. The average molecular weight is 877 g/mol. The predicted molar refractivity (Wildman–Crippen MR) is 246 cm³/mol. The molecule has 0 N–H and O–H groups in total. The summed E-state index contributed by atoms with van der Waals surface area (Å²) >= 11 is 2.33. The van der Waals surface area contributed by atoms with E-state index in [1.807, 2.05) is 128 Å². The molecule has 5 rings (SSSR count). The van der Waals surface area contributed by atoms with E-state index in [4.69, 9.17) is 23.7 Å². The first-order valence-corrected chi connectivity index (χ1v) is 20.8. The van der Waals surface area contributed by atoms with Crippen molar-refractivity contribution in [2.75, 3.05) is 0 Å². The summed E-state index contributed by atoms with van der Waals surface area (Å²) in [5.74, 6) is 1.89. The standard InChI is InChI=1S/C11H16O.C10H13IO.2C10H14O.C9H12O/c1-9(2)12-8-11-6-4-10(3)5-7-11;1-8(2)12-7-9-5-3-4-6-10(9)11;1-8(2)11-10-6-4-9(3)5-7-10;1-9(2)11-8-10-6-4-3-5-7-10;1-8(2)10-9-6-4-3-5-7-9/h4-7,9H,8H2,1-3H3;3-6,8H,7H2,1-2H3;4-8H,1-3H3;3-7,9H,8H2,1-2H3;3-8H,1-2H3. The Labute approximate surface area is 354 Å². The van der Waals surface area contributed by atoms with Crippen LogP contribution in [0.2, 0.25) is 0 Å². The fourth-order valence-electron chi connectivity index (χ4n) is 4.32. The Hall–Kier alpha value is -3.69. The molecule has 5 aromatic carbocycles.